The van der Waals surface area contributed by atoms with E-state index in [1.165, 1.54) is 11.5 Å². The summed E-state index contributed by atoms with van der Waals surface area (Å²) < 4.78 is 1.53. The van der Waals surface area contributed by atoms with E-state index in [2.05, 4.69) is 15.6 Å². The van der Waals surface area contributed by atoms with Gasteiger partial charge >= 0.3 is 0 Å². The summed E-state index contributed by atoms with van der Waals surface area (Å²) in [5, 5.41) is 6.02. The second-order valence-corrected chi connectivity index (χ2v) is 7.08. The van der Waals surface area contributed by atoms with Gasteiger partial charge in [-0.25, -0.2) is 4.98 Å². The monoisotopic (exact) mass is 412 g/mol. The number of anilines is 2. The average molecular weight is 412 g/mol. The van der Waals surface area contributed by atoms with Crippen molar-refractivity contribution in [3.8, 4) is 5.69 Å². The van der Waals surface area contributed by atoms with Crippen LogP contribution in [0, 0.1) is 6.92 Å². The highest BCUT2D eigenvalue weighted by Gasteiger charge is 2.11. The van der Waals surface area contributed by atoms with Gasteiger partial charge in [0.1, 0.15) is 5.82 Å². The maximum Gasteiger partial charge on any atom is 0.265 e. The fourth-order valence-electron chi connectivity index (χ4n) is 3.39. The molecule has 0 fully saturated rings. The summed E-state index contributed by atoms with van der Waals surface area (Å²) in [6.45, 7) is 3.20. The lowest BCUT2D eigenvalue weighted by Crippen LogP contribution is -2.22. The van der Waals surface area contributed by atoms with Crippen LogP contribution in [0.3, 0.4) is 0 Å². The highest BCUT2D eigenvalue weighted by atomic mass is 16.2. The van der Waals surface area contributed by atoms with E-state index in [1.54, 1.807) is 67.6 Å². The molecule has 1 aromatic heterocycles. The van der Waals surface area contributed by atoms with Gasteiger partial charge in [-0.15, -0.1) is 0 Å². The minimum atomic E-state index is -0.299. The summed E-state index contributed by atoms with van der Waals surface area (Å²) in [5.41, 5.74) is 2.72. The SMILES string of the molecule is CC(=O)Nc1cccc(NC(=O)c2ccc(-n3c(C)nc4ccccc4c3=O)cc2)c1. The topological polar surface area (TPSA) is 93.1 Å². The highest BCUT2D eigenvalue weighted by molar-refractivity contribution is 6.04. The molecule has 0 aliphatic rings. The van der Waals surface area contributed by atoms with Crippen molar-refractivity contribution >= 4 is 34.1 Å². The Morgan fingerprint density at radius 1 is 0.871 bits per heavy atom. The summed E-state index contributed by atoms with van der Waals surface area (Å²) in [6.07, 6.45) is 0. The molecule has 1 heterocycles. The van der Waals surface area contributed by atoms with Crippen molar-refractivity contribution in [2.75, 3.05) is 10.6 Å². The number of para-hydroxylation sites is 1. The molecule has 0 unspecified atom stereocenters. The van der Waals surface area contributed by atoms with E-state index in [9.17, 15) is 14.4 Å². The third-order valence-corrected chi connectivity index (χ3v) is 4.77. The summed E-state index contributed by atoms with van der Waals surface area (Å²) in [4.78, 5) is 41.3. The highest BCUT2D eigenvalue weighted by Crippen LogP contribution is 2.17. The number of benzene rings is 3. The predicted molar refractivity (Wildman–Crippen MR) is 121 cm³/mol. The minimum absolute atomic E-state index is 0.157. The third-order valence-electron chi connectivity index (χ3n) is 4.77. The van der Waals surface area contributed by atoms with Gasteiger partial charge in [0, 0.05) is 23.9 Å². The van der Waals surface area contributed by atoms with E-state index < -0.39 is 0 Å². The number of hydrogen-bond acceptors (Lipinski definition) is 4. The molecule has 0 aliphatic heterocycles. The maximum atomic E-state index is 12.9. The molecule has 31 heavy (non-hydrogen) atoms. The van der Waals surface area contributed by atoms with Crippen molar-refractivity contribution in [1.82, 2.24) is 9.55 Å². The van der Waals surface area contributed by atoms with Crippen LogP contribution >= 0.6 is 0 Å². The fraction of sp³-hybridized carbons (Fsp3) is 0.0833. The Morgan fingerprint density at radius 3 is 2.26 bits per heavy atom. The zero-order valence-electron chi connectivity index (χ0n) is 17.0. The quantitative estimate of drug-likeness (QED) is 0.532. The number of amides is 2. The van der Waals surface area contributed by atoms with Gasteiger partial charge in [-0.3, -0.25) is 19.0 Å². The number of aromatic nitrogens is 2. The Bertz CT molecular complexity index is 1360. The van der Waals surface area contributed by atoms with Crippen molar-refractivity contribution in [2.45, 2.75) is 13.8 Å². The molecule has 0 saturated carbocycles. The Labute approximate surface area is 178 Å². The zero-order valence-corrected chi connectivity index (χ0v) is 17.0. The smallest absolute Gasteiger partial charge is 0.265 e. The molecule has 0 radical (unpaired) electrons. The van der Waals surface area contributed by atoms with Crippen molar-refractivity contribution in [3.05, 3.63) is 94.5 Å². The maximum absolute atomic E-state index is 12.9. The molecular weight excluding hydrogens is 392 g/mol. The molecule has 0 spiro atoms. The van der Waals surface area contributed by atoms with Crippen LogP contribution in [-0.2, 0) is 4.79 Å². The Morgan fingerprint density at radius 2 is 1.55 bits per heavy atom. The number of nitrogens with zero attached hydrogens (tertiary/aromatic N) is 2. The molecule has 0 bridgehead atoms. The summed E-state index contributed by atoms with van der Waals surface area (Å²) in [7, 11) is 0. The number of fused-ring (bicyclic) bond motifs is 1. The van der Waals surface area contributed by atoms with Gasteiger partial charge in [0.25, 0.3) is 11.5 Å². The molecule has 7 heteroatoms. The van der Waals surface area contributed by atoms with E-state index in [4.69, 9.17) is 0 Å². The molecule has 4 aromatic rings. The van der Waals surface area contributed by atoms with Crippen molar-refractivity contribution in [2.24, 2.45) is 0 Å². The molecule has 3 aromatic carbocycles. The Hall–Kier alpha value is -4.26. The lowest BCUT2D eigenvalue weighted by Gasteiger charge is -2.12. The second kappa shape index (κ2) is 8.23. The van der Waals surface area contributed by atoms with E-state index in [0.717, 1.165) is 0 Å². The number of carbonyl (C=O) groups is 2. The van der Waals surface area contributed by atoms with E-state index in [-0.39, 0.29) is 17.4 Å². The second-order valence-electron chi connectivity index (χ2n) is 7.08. The molecular formula is C24H20N4O3. The number of hydrogen-bond donors (Lipinski definition) is 2. The first-order valence-corrected chi connectivity index (χ1v) is 9.70. The molecule has 0 aliphatic carbocycles. The minimum Gasteiger partial charge on any atom is -0.326 e. The van der Waals surface area contributed by atoms with Gasteiger partial charge < -0.3 is 10.6 Å². The van der Waals surface area contributed by atoms with Crippen LogP contribution < -0.4 is 16.2 Å². The van der Waals surface area contributed by atoms with Gasteiger partial charge in [-0.05, 0) is 61.5 Å². The first-order valence-electron chi connectivity index (χ1n) is 9.70. The molecule has 2 amide bonds. The Balaban J connectivity index is 1.59. The van der Waals surface area contributed by atoms with Gasteiger partial charge in [-0.2, -0.15) is 0 Å². The first kappa shape index (κ1) is 20.0. The van der Waals surface area contributed by atoms with Crippen LogP contribution in [0.1, 0.15) is 23.1 Å². The summed E-state index contributed by atoms with van der Waals surface area (Å²) in [6, 6.07) is 20.8. The van der Waals surface area contributed by atoms with Crippen LogP contribution in [0.15, 0.2) is 77.6 Å². The Kier molecular flexibility index (Phi) is 5.32. The molecule has 4 rings (SSSR count). The zero-order chi connectivity index (χ0) is 22.0. The largest absolute Gasteiger partial charge is 0.326 e. The molecule has 0 saturated heterocycles. The fourth-order valence-corrected chi connectivity index (χ4v) is 3.39. The van der Waals surface area contributed by atoms with Gasteiger partial charge in [0.05, 0.1) is 16.6 Å². The molecule has 154 valence electrons. The van der Waals surface area contributed by atoms with E-state index >= 15 is 0 Å². The van der Waals surface area contributed by atoms with Crippen molar-refractivity contribution in [3.63, 3.8) is 0 Å². The third kappa shape index (κ3) is 4.20. The first-order chi connectivity index (χ1) is 14.9. The number of rotatable bonds is 4. The summed E-state index contributed by atoms with van der Waals surface area (Å²) in [5.74, 6) is 0.0794. The number of aryl methyl sites for hydroxylation is 1. The lowest BCUT2D eigenvalue weighted by molar-refractivity contribution is -0.114. The predicted octanol–water partition coefficient (Wildman–Crippen LogP) is 3.90. The number of nitrogens with one attached hydrogen (secondary N) is 2. The van der Waals surface area contributed by atoms with Crippen molar-refractivity contribution in [1.29, 1.82) is 0 Å². The van der Waals surface area contributed by atoms with Crippen LogP contribution in [-0.4, -0.2) is 21.4 Å². The molecule has 0 atom stereocenters. The van der Waals surface area contributed by atoms with Crippen molar-refractivity contribution < 1.29 is 9.59 Å². The van der Waals surface area contributed by atoms with Crippen LogP contribution in [0.4, 0.5) is 11.4 Å². The van der Waals surface area contributed by atoms with Crippen LogP contribution in [0.5, 0.6) is 0 Å². The van der Waals surface area contributed by atoms with Crippen LogP contribution in [0.25, 0.3) is 16.6 Å². The average Bonchev–Trinajstić information content (AvgIpc) is 2.74. The van der Waals surface area contributed by atoms with Gasteiger partial charge in [0.2, 0.25) is 5.91 Å². The molecule has 2 N–H and O–H groups in total. The molecule has 7 nitrogen and oxygen atoms in total. The van der Waals surface area contributed by atoms with E-state index in [1.807, 2.05) is 12.1 Å². The van der Waals surface area contributed by atoms with Gasteiger partial charge in [0.15, 0.2) is 0 Å². The van der Waals surface area contributed by atoms with E-state index in [0.29, 0.717) is 39.4 Å². The normalized spacial score (nSPS) is 10.6. The summed E-state index contributed by atoms with van der Waals surface area (Å²) >= 11 is 0. The van der Waals surface area contributed by atoms with Gasteiger partial charge in [-0.1, -0.05) is 18.2 Å². The van der Waals surface area contributed by atoms with Crippen LogP contribution in [0.2, 0.25) is 0 Å². The number of carbonyl (C=O) groups excluding carboxylic acids is 2. The standard InChI is InChI=1S/C24H20N4O3/c1-15-25-22-9-4-3-8-21(22)24(31)28(15)20-12-10-17(11-13-20)23(30)27-19-7-5-6-18(14-19)26-16(2)29/h3-14H,1-2H3,(H,26,29)(H,27,30). The lowest BCUT2D eigenvalue weighted by atomic mass is 10.1.